The predicted molar refractivity (Wildman–Crippen MR) is 86.2 cm³/mol. The lowest BCUT2D eigenvalue weighted by Crippen LogP contribution is -2.12. The highest BCUT2D eigenvalue weighted by molar-refractivity contribution is 7.95. The Morgan fingerprint density at radius 1 is 1.14 bits per heavy atom. The molecule has 0 unspecified atom stereocenters. The van der Waals surface area contributed by atoms with Gasteiger partial charge >= 0.3 is 5.97 Å². The average Bonchev–Trinajstić information content (AvgIpc) is 2.48. The Morgan fingerprint density at radius 2 is 1.82 bits per heavy atom. The average molecular weight is 317 g/mol. The molecule has 0 aromatic heterocycles. The van der Waals surface area contributed by atoms with Crippen LogP contribution in [0.5, 0.6) is 0 Å². The maximum atomic E-state index is 12.0. The van der Waals surface area contributed by atoms with Gasteiger partial charge < -0.3 is 5.11 Å². The molecule has 0 radical (unpaired) electrons. The van der Waals surface area contributed by atoms with Crippen LogP contribution in [0.25, 0.3) is 6.08 Å². The molecule has 0 fully saturated rings. The molecule has 114 valence electrons. The van der Waals surface area contributed by atoms with E-state index in [0.29, 0.717) is 0 Å². The van der Waals surface area contributed by atoms with Gasteiger partial charge in [-0.05, 0) is 30.7 Å². The molecular formula is C16H15NO4S. The van der Waals surface area contributed by atoms with Crippen LogP contribution in [-0.4, -0.2) is 19.5 Å². The van der Waals surface area contributed by atoms with E-state index < -0.39 is 16.0 Å². The van der Waals surface area contributed by atoms with E-state index >= 15 is 0 Å². The van der Waals surface area contributed by atoms with E-state index in [9.17, 15) is 13.2 Å². The van der Waals surface area contributed by atoms with Crippen molar-refractivity contribution in [3.8, 4) is 0 Å². The number of hydrogen-bond acceptors (Lipinski definition) is 3. The fourth-order valence-corrected chi connectivity index (χ4v) is 2.73. The van der Waals surface area contributed by atoms with Crippen LogP contribution in [0.1, 0.15) is 21.5 Å². The number of carboxylic acid groups (broad SMARTS) is 1. The summed E-state index contributed by atoms with van der Waals surface area (Å²) in [4.78, 5) is 11.2. The highest BCUT2D eigenvalue weighted by atomic mass is 32.2. The largest absolute Gasteiger partial charge is 0.478 e. The maximum Gasteiger partial charge on any atom is 0.337 e. The van der Waals surface area contributed by atoms with Crippen LogP contribution in [0.15, 0.2) is 53.9 Å². The summed E-state index contributed by atoms with van der Waals surface area (Å²) in [6.07, 6.45) is 1.44. The summed E-state index contributed by atoms with van der Waals surface area (Å²) in [5.41, 5.74) is 1.42. The van der Waals surface area contributed by atoms with Crippen molar-refractivity contribution in [1.29, 1.82) is 0 Å². The highest BCUT2D eigenvalue weighted by Gasteiger charge is 2.14. The van der Waals surface area contributed by atoms with E-state index in [2.05, 4.69) is 4.72 Å². The number of hydrogen-bond donors (Lipinski definition) is 2. The second kappa shape index (κ2) is 6.44. The van der Waals surface area contributed by atoms with Crippen molar-refractivity contribution < 1.29 is 18.3 Å². The summed E-state index contributed by atoms with van der Waals surface area (Å²) >= 11 is 0. The molecule has 0 saturated heterocycles. The third kappa shape index (κ3) is 4.20. The first-order valence-electron chi connectivity index (χ1n) is 6.47. The van der Waals surface area contributed by atoms with Crippen molar-refractivity contribution in [2.45, 2.75) is 6.92 Å². The molecule has 2 N–H and O–H groups in total. The Balaban J connectivity index is 2.26. The molecule has 2 rings (SSSR count). The third-order valence-electron chi connectivity index (χ3n) is 2.90. The van der Waals surface area contributed by atoms with Gasteiger partial charge in [-0.25, -0.2) is 13.2 Å². The predicted octanol–water partition coefficient (Wildman–Crippen LogP) is 3.11. The fourth-order valence-electron chi connectivity index (χ4n) is 1.84. The SMILES string of the molecule is Cc1ccc(NS(=O)(=O)/C=C/c2ccccc2)c(C(=O)O)c1. The molecule has 0 amide bonds. The second-order valence-corrected chi connectivity index (χ2v) is 6.28. The Morgan fingerprint density at radius 3 is 2.45 bits per heavy atom. The van der Waals surface area contributed by atoms with E-state index in [4.69, 9.17) is 5.11 Å². The smallest absolute Gasteiger partial charge is 0.337 e. The number of nitrogens with one attached hydrogen (secondary N) is 1. The molecule has 0 spiro atoms. The van der Waals surface area contributed by atoms with E-state index in [1.165, 1.54) is 18.2 Å². The van der Waals surface area contributed by atoms with Crippen molar-refractivity contribution in [3.63, 3.8) is 0 Å². The number of benzene rings is 2. The molecule has 0 saturated carbocycles. The summed E-state index contributed by atoms with van der Waals surface area (Å²) in [7, 11) is -3.80. The second-order valence-electron chi connectivity index (χ2n) is 4.71. The number of aryl methyl sites for hydroxylation is 1. The maximum absolute atomic E-state index is 12.0. The van der Waals surface area contributed by atoms with Gasteiger partial charge in [0.1, 0.15) is 0 Å². The first-order chi connectivity index (χ1) is 10.4. The van der Waals surface area contributed by atoms with Crippen LogP contribution in [0.2, 0.25) is 0 Å². The monoisotopic (exact) mass is 317 g/mol. The van der Waals surface area contributed by atoms with Gasteiger partial charge in [-0.1, -0.05) is 42.0 Å². The van der Waals surface area contributed by atoms with Crippen LogP contribution in [0, 0.1) is 6.92 Å². The lowest BCUT2D eigenvalue weighted by molar-refractivity contribution is 0.0698. The van der Waals surface area contributed by atoms with Gasteiger partial charge in [-0.2, -0.15) is 0 Å². The first kappa shape index (κ1) is 15.8. The zero-order valence-electron chi connectivity index (χ0n) is 11.9. The molecule has 0 heterocycles. The number of carboxylic acids is 1. The summed E-state index contributed by atoms with van der Waals surface area (Å²) in [5.74, 6) is -1.19. The van der Waals surface area contributed by atoms with Crippen molar-refractivity contribution >= 4 is 27.8 Å². The molecule has 0 aliphatic heterocycles. The van der Waals surface area contributed by atoms with Crippen LogP contribution in [-0.2, 0) is 10.0 Å². The molecule has 0 aliphatic carbocycles. The number of aromatic carboxylic acids is 1. The summed E-state index contributed by atoms with van der Waals surface area (Å²) in [5, 5.41) is 10.1. The quantitative estimate of drug-likeness (QED) is 0.887. The van der Waals surface area contributed by atoms with Crippen LogP contribution >= 0.6 is 0 Å². The standard InChI is InChI=1S/C16H15NO4S/c1-12-7-8-15(14(11-12)16(18)19)17-22(20,21)10-9-13-5-3-2-4-6-13/h2-11,17H,1H3,(H,18,19)/b10-9+. The van der Waals surface area contributed by atoms with Crippen LogP contribution in [0.4, 0.5) is 5.69 Å². The number of carbonyl (C=O) groups is 1. The molecule has 5 nitrogen and oxygen atoms in total. The van der Waals surface area contributed by atoms with Gasteiger partial charge in [-0.3, -0.25) is 4.72 Å². The molecule has 22 heavy (non-hydrogen) atoms. The molecule has 0 aliphatic rings. The van der Waals surface area contributed by atoms with Gasteiger partial charge in [0, 0.05) is 0 Å². The lowest BCUT2D eigenvalue weighted by atomic mass is 10.1. The van der Waals surface area contributed by atoms with Gasteiger partial charge in [0.25, 0.3) is 10.0 Å². The summed E-state index contributed by atoms with van der Waals surface area (Å²) < 4.78 is 26.4. The van der Waals surface area contributed by atoms with Crippen molar-refractivity contribution in [2.24, 2.45) is 0 Å². The normalized spacial score (nSPS) is 11.5. The highest BCUT2D eigenvalue weighted by Crippen LogP contribution is 2.19. The van der Waals surface area contributed by atoms with Crippen LogP contribution < -0.4 is 4.72 Å². The van der Waals surface area contributed by atoms with Crippen LogP contribution in [0.3, 0.4) is 0 Å². The van der Waals surface area contributed by atoms with Gasteiger partial charge in [-0.15, -0.1) is 0 Å². The number of anilines is 1. The minimum Gasteiger partial charge on any atom is -0.478 e. The van der Waals surface area contributed by atoms with E-state index in [1.54, 1.807) is 37.3 Å². The minimum atomic E-state index is -3.80. The molecule has 0 atom stereocenters. The number of rotatable bonds is 5. The third-order valence-corrected chi connectivity index (χ3v) is 3.90. The molecule has 2 aromatic carbocycles. The molecular weight excluding hydrogens is 302 g/mol. The van der Waals surface area contributed by atoms with Crippen molar-refractivity contribution in [2.75, 3.05) is 4.72 Å². The Labute approximate surface area is 129 Å². The summed E-state index contributed by atoms with van der Waals surface area (Å²) in [6.45, 7) is 1.74. The Hall–Kier alpha value is -2.60. The summed E-state index contributed by atoms with van der Waals surface area (Å²) in [6, 6.07) is 13.4. The Bertz CT molecular complexity index is 811. The van der Waals surface area contributed by atoms with Gasteiger partial charge in [0.2, 0.25) is 0 Å². The molecule has 6 heteroatoms. The zero-order chi connectivity index (χ0) is 16.2. The Kier molecular flexibility index (Phi) is 4.62. The van der Waals surface area contributed by atoms with E-state index in [-0.39, 0.29) is 11.3 Å². The fraction of sp³-hybridized carbons (Fsp3) is 0.0625. The first-order valence-corrected chi connectivity index (χ1v) is 8.02. The minimum absolute atomic E-state index is 0.0378. The van der Waals surface area contributed by atoms with E-state index in [0.717, 1.165) is 16.5 Å². The topological polar surface area (TPSA) is 83.5 Å². The van der Waals surface area contributed by atoms with Crippen molar-refractivity contribution in [1.82, 2.24) is 0 Å². The van der Waals surface area contributed by atoms with Gasteiger partial charge in [0.15, 0.2) is 0 Å². The molecule has 2 aromatic rings. The number of sulfonamides is 1. The van der Waals surface area contributed by atoms with Crippen molar-refractivity contribution in [3.05, 3.63) is 70.6 Å². The lowest BCUT2D eigenvalue weighted by Gasteiger charge is -2.08. The molecule has 0 bridgehead atoms. The van der Waals surface area contributed by atoms with E-state index in [1.807, 2.05) is 6.07 Å². The van der Waals surface area contributed by atoms with Gasteiger partial charge in [0.05, 0.1) is 16.7 Å². The zero-order valence-corrected chi connectivity index (χ0v) is 12.7.